The highest BCUT2D eigenvalue weighted by molar-refractivity contribution is 7.15. The first-order chi connectivity index (χ1) is 9.42. The van der Waals surface area contributed by atoms with Gasteiger partial charge < -0.3 is 10.1 Å². The summed E-state index contributed by atoms with van der Waals surface area (Å²) in [6.45, 7) is -0.897. The van der Waals surface area contributed by atoms with Gasteiger partial charge in [-0.15, -0.1) is 11.3 Å². The first-order valence-corrected chi connectivity index (χ1v) is 6.61. The van der Waals surface area contributed by atoms with Gasteiger partial charge in [-0.05, 0) is 6.07 Å². The SMILES string of the molecule is FC(F)(F)COc1ccc(NCc2ncc(Cl)s2)cn1. The van der Waals surface area contributed by atoms with Crippen LogP contribution in [0, 0.1) is 0 Å². The van der Waals surface area contributed by atoms with Crippen LogP contribution in [-0.4, -0.2) is 22.8 Å². The molecule has 0 spiro atoms. The highest BCUT2D eigenvalue weighted by Crippen LogP contribution is 2.20. The Kier molecular flexibility index (Phi) is 4.66. The Morgan fingerprint density at radius 2 is 2.05 bits per heavy atom. The number of thiazole rings is 1. The monoisotopic (exact) mass is 323 g/mol. The maximum Gasteiger partial charge on any atom is 0.422 e. The zero-order valence-corrected chi connectivity index (χ0v) is 11.5. The van der Waals surface area contributed by atoms with Crippen molar-refractivity contribution in [2.45, 2.75) is 12.7 Å². The summed E-state index contributed by atoms with van der Waals surface area (Å²) in [6, 6.07) is 2.94. The summed E-state index contributed by atoms with van der Waals surface area (Å²) in [5.74, 6) is -0.0785. The Morgan fingerprint density at radius 3 is 2.60 bits per heavy atom. The first-order valence-electron chi connectivity index (χ1n) is 5.42. The highest BCUT2D eigenvalue weighted by atomic mass is 35.5. The number of hydrogen-bond acceptors (Lipinski definition) is 5. The van der Waals surface area contributed by atoms with E-state index in [9.17, 15) is 13.2 Å². The van der Waals surface area contributed by atoms with E-state index < -0.39 is 12.8 Å². The molecule has 2 rings (SSSR count). The van der Waals surface area contributed by atoms with E-state index in [1.54, 1.807) is 12.3 Å². The molecule has 0 radical (unpaired) electrons. The maximum atomic E-state index is 11.9. The standard InChI is InChI=1S/C11H9ClF3N3OS/c12-8-4-18-10(20-8)5-16-7-1-2-9(17-3-7)19-6-11(13,14)15/h1-4,16H,5-6H2. The lowest BCUT2D eigenvalue weighted by Crippen LogP contribution is -2.19. The van der Waals surface area contributed by atoms with Gasteiger partial charge in [0.2, 0.25) is 5.88 Å². The van der Waals surface area contributed by atoms with E-state index in [4.69, 9.17) is 11.6 Å². The molecule has 2 heterocycles. The van der Waals surface area contributed by atoms with E-state index in [1.165, 1.54) is 23.6 Å². The van der Waals surface area contributed by atoms with Crippen molar-refractivity contribution < 1.29 is 17.9 Å². The minimum Gasteiger partial charge on any atom is -0.468 e. The third-order valence-electron chi connectivity index (χ3n) is 2.09. The van der Waals surface area contributed by atoms with Crippen molar-refractivity contribution in [3.63, 3.8) is 0 Å². The van der Waals surface area contributed by atoms with Crippen LogP contribution in [0.3, 0.4) is 0 Å². The summed E-state index contributed by atoms with van der Waals surface area (Å²) in [7, 11) is 0. The van der Waals surface area contributed by atoms with E-state index in [1.807, 2.05) is 0 Å². The summed E-state index contributed by atoms with van der Waals surface area (Å²) < 4.78 is 40.9. The molecule has 0 bridgehead atoms. The molecule has 0 aliphatic carbocycles. The van der Waals surface area contributed by atoms with E-state index in [-0.39, 0.29) is 5.88 Å². The second-order valence-electron chi connectivity index (χ2n) is 3.70. The molecule has 9 heteroatoms. The van der Waals surface area contributed by atoms with Crippen molar-refractivity contribution >= 4 is 28.6 Å². The number of hydrogen-bond donors (Lipinski definition) is 1. The molecule has 0 saturated heterocycles. The van der Waals surface area contributed by atoms with Gasteiger partial charge in [0.25, 0.3) is 0 Å². The number of nitrogens with zero attached hydrogens (tertiary/aromatic N) is 2. The molecule has 1 N–H and O–H groups in total. The van der Waals surface area contributed by atoms with Crippen LogP contribution < -0.4 is 10.1 Å². The quantitative estimate of drug-likeness (QED) is 0.910. The Hall–Kier alpha value is -1.54. The first kappa shape index (κ1) is 14.9. The van der Waals surface area contributed by atoms with E-state index >= 15 is 0 Å². The molecule has 0 unspecified atom stereocenters. The molecule has 0 saturated carbocycles. The van der Waals surface area contributed by atoms with Gasteiger partial charge in [0, 0.05) is 6.07 Å². The van der Waals surface area contributed by atoms with Crippen LogP contribution in [0.2, 0.25) is 4.34 Å². The third-order valence-corrected chi connectivity index (χ3v) is 3.20. The van der Waals surface area contributed by atoms with Crippen LogP contribution in [0.4, 0.5) is 18.9 Å². The van der Waals surface area contributed by atoms with Crippen LogP contribution in [0.5, 0.6) is 5.88 Å². The Bertz CT molecular complexity index is 559. The van der Waals surface area contributed by atoms with Crippen LogP contribution in [-0.2, 0) is 6.54 Å². The summed E-state index contributed by atoms with van der Waals surface area (Å²) in [4.78, 5) is 7.83. The van der Waals surface area contributed by atoms with Gasteiger partial charge in [0.1, 0.15) is 9.34 Å². The second kappa shape index (κ2) is 6.27. The van der Waals surface area contributed by atoms with E-state index in [2.05, 4.69) is 20.0 Å². The van der Waals surface area contributed by atoms with E-state index in [0.717, 1.165) is 5.01 Å². The van der Waals surface area contributed by atoms with Crippen LogP contribution in [0.1, 0.15) is 5.01 Å². The van der Waals surface area contributed by atoms with Crippen LogP contribution in [0.15, 0.2) is 24.5 Å². The molecule has 20 heavy (non-hydrogen) atoms. The largest absolute Gasteiger partial charge is 0.468 e. The number of ether oxygens (including phenoxy) is 1. The van der Waals surface area contributed by atoms with Gasteiger partial charge in [-0.25, -0.2) is 9.97 Å². The van der Waals surface area contributed by atoms with Gasteiger partial charge in [-0.2, -0.15) is 13.2 Å². The zero-order valence-electron chi connectivity index (χ0n) is 9.95. The maximum absolute atomic E-state index is 11.9. The predicted octanol–water partition coefficient (Wildman–Crippen LogP) is 3.74. The minimum atomic E-state index is -4.37. The lowest BCUT2D eigenvalue weighted by atomic mass is 10.4. The van der Waals surface area contributed by atoms with Crippen molar-refractivity contribution in [1.29, 1.82) is 0 Å². The molecular formula is C11H9ClF3N3OS. The smallest absolute Gasteiger partial charge is 0.422 e. The Morgan fingerprint density at radius 1 is 1.25 bits per heavy atom. The average molecular weight is 324 g/mol. The van der Waals surface area contributed by atoms with Crippen LogP contribution >= 0.6 is 22.9 Å². The summed E-state index contributed by atoms with van der Waals surface area (Å²) >= 11 is 7.08. The number of nitrogens with one attached hydrogen (secondary N) is 1. The number of aromatic nitrogens is 2. The zero-order chi connectivity index (χ0) is 14.6. The highest BCUT2D eigenvalue weighted by Gasteiger charge is 2.28. The van der Waals surface area contributed by atoms with Crippen LogP contribution in [0.25, 0.3) is 0 Å². The fourth-order valence-electron chi connectivity index (χ4n) is 1.27. The minimum absolute atomic E-state index is 0.0785. The number of pyridine rings is 1. The van der Waals surface area contributed by atoms with Crippen molar-refractivity contribution in [3.8, 4) is 5.88 Å². The van der Waals surface area contributed by atoms with Gasteiger partial charge >= 0.3 is 6.18 Å². The topological polar surface area (TPSA) is 47.0 Å². The Labute approximate surface area is 121 Å². The molecule has 108 valence electrons. The van der Waals surface area contributed by atoms with Crippen molar-refractivity contribution in [3.05, 3.63) is 33.9 Å². The fraction of sp³-hybridized carbons (Fsp3) is 0.273. The second-order valence-corrected chi connectivity index (χ2v) is 5.45. The number of anilines is 1. The lowest BCUT2D eigenvalue weighted by Gasteiger charge is -2.09. The Balaban J connectivity index is 1.85. The average Bonchev–Trinajstić information content (AvgIpc) is 2.80. The fourth-order valence-corrected chi connectivity index (χ4v) is 2.17. The predicted molar refractivity (Wildman–Crippen MR) is 70.2 cm³/mol. The number of alkyl halides is 3. The summed E-state index contributed by atoms with van der Waals surface area (Å²) in [5, 5.41) is 3.82. The van der Waals surface area contributed by atoms with Gasteiger partial charge in [0.15, 0.2) is 6.61 Å². The molecule has 0 amide bonds. The lowest BCUT2D eigenvalue weighted by molar-refractivity contribution is -0.154. The van der Waals surface area contributed by atoms with E-state index in [0.29, 0.717) is 16.6 Å². The molecule has 0 atom stereocenters. The summed E-state index contributed by atoms with van der Waals surface area (Å²) in [5.41, 5.74) is 0.649. The normalized spacial score (nSPS) is 11.4. The number of halogens is 4. The van der Waals surface area contributed by atoms with Crippen molar-refractivity contribution in [2.75, 3.05) is 11.9 Å². The third kappa shape index (κ3) is 4.86. The molecular weight excluding hydrogens is 315 g/mol. The van der Waals surface area contributed by atoms with Gasteiger partial charge in [-0.3, -0.25) is 0 Å². The molecule has 2 aromatic rings. The number of rotatable bonds is 5. The molecule has 0 aromatic carbocycles. The van der Waals surface area contributed by atoms with Gasteiger partial charge in [0.05, 0.1) is 24.6 Å². The summed E-state index contributed by atoms with van der Waals surface area (Å²) in [6.07, 6.45) is -1.43. The molecule has 4 nitrogen and oxygen atoms in total. The van der Waals surface area contributed by atoms with Crippen molar-refractivity contribution in [2.24, 2.45) is 0 Å². The van der Waals surface area contributed by atoms with Crippen molar-refractivity contribution in [1.82, 2.24) is 9.97 Å². The molecule has 2 aromatic heterocycles. The van der Waals surface area contributed by atoms with Gasteiger partial charge in [-0.1, -0.05) is 11.6 Å². The molecule has 0 aliphatic heterocycles. The molecule has 0 aliphatic rings. The molecule has 0 fully saturated rings.